The van der Waals surface area contributed by atoms with E-state index in [-0.39, 0.29) is 3.67 Å². The average molecular weight is 405 g/mol. The van der Waals surface area contributed by atoms with E-state index in [2.05, 4.69) is 82.8 Å². The van der Waals surface area contributed by atoms with Crippen molar-refractivity contribution in [2.24, 2.45) is 0 Å². The van der Waals surface area contributed by atoms with Crippen molar-refractivity contribution in [2.75, 3.05) is 11.9 Å². The summed E-state index contributed by atoms with van der Waals surface area (Å²) in [5, 5.41) is 1.06. The van der Waals surface area contributed by atoms with Crippen molar-refractivity contribution < 1.29 is 4.42 Å². The predicted molar refractivity (Wildman–Crippen MR) is 98.1 cm³/mol. The van der Waals surface area contributed by atoms with E-state index in [0.29, 0.717) is 0 Å². The molecule has 5 heteroatoms. The van der Waals surface area contributed by atoms with E-state index >= 15 is 0 Å². The number of aromatic nitrogens is 1. The highest BCUT2D eigenvalue weighted by Gasteiger charge is 2.37. The zero-order valence-electron chi connectivity index (χ0n) is 12.7. The van der Waals surface area contributed by atoms with Crippen molar-refractivity contribution in [1.29, 1.82) is 0 Å². The lowest BCUT2D eigenvalue weighted by Gasteiger charge is -2.37. The second-order valence-corrected chi connectivity index (χ2v) is 7.79. The van der Waals surface area contributed by atoms with Gasteiger partial charge in [0, 0.05) is 31.0 Å². The molecule has 112 valence electrons. The topological polar surface area (TPSA) is 32.5 Å². The van der Waals surface area contributed by atoms with Crippen molar-refractivity contribution >= 4 is 50.3 Å². The number of hydrogen-bond acceptors (Lipinski definition) is 4. The Hall–Kier alpha value is -1.76. The minimum Gasteiger partial charge on any atom is -0.452 e. The van der Waals surface area contributed by atoms with Crippen molar-refractivity contribution in [3.63, 3.8) is 0 Å². The Morgan fingerprint density at radius 3 is 2.77 bits per heavy atom. The maximum absolute atomic E-state index is 6.15. The van der Waals surface area contributed by atoms with Crippen LogP contribution < -0.4 is 4.90 Å². The molecule has 3 aromatic rings. The Morgan fingerprint density at radius 1 is 1.23 bits per heavy atom. The molecule has 0 bridgehead atoms. The molecule has 0 saturated carbocycles. The maximum Gasteiger partial charge on any atom is 0.166 e. The van der Waals surface area contributed by atoms with Crippen molar-refractivity contribution in [2.45, 2.75) is 17.5 Å². The quantitative estimate of drug-likeness (QED) is 0.336. The molecule has 2 aromatic heterocycles. The summed E-state index contributed by atoms with van der Waals surface area (Å²) >= 11 is 2.46. The van der Waals surface area contributed by atoms with Crippen LogP contribution in [0.1, 0.15) is 12.5 Å². The highest BCUT2D eigenvalue weighted by atomic mass is 127. The van der Waals surface area contributed by atoms with Gasteiger partial charge in [-0.25, -0.2) is 0 Å². The van der Waals surface area contributed by atoms with Crippen LogP contribution in [0.3, 0.4) is 0 Å². The van der Waals surface area contributed by atoms with E-state index in [0.717, 1.165) is 27.8 Å². The molecule has 3 heterocycles. The van der Waals surface area contributed by atoms with Gasteiger partial charge in [0.05, 0.1) is 5.69 Å². The fourth-order valence-electron chi connectivity index (χ4n) is 2.93. The van der Waals surface area contributed by atoms with E-state index in [1.54, 1.807) is 0 Å². The summed E-state index contributed by atoms with van der Waals surface area (Å²) < 4.78 is 5.98. The second kappa shape index (κ2) is 4.62. The Kier molecular flexibility index (Phi) is 2.91. The molecule has 4 rings (SSSR count). The molecular weight excluding hydrogens is 389 g/mol. The number of fused-ring (bicyclic) bond motifs is 3. The van der Waals surface area contributed by atoms with Crippen LogP contribution in [0.4, 0.5) is 5.69 Å². The van der Waals surface area contributed by atoms with Crippen LogP contribution in [0.25, 0.3) is 22.1 Å². The Labute approximate surface area is 142 Å². The van der Waals surface area contributed by atoms with Gasteiger partial charge in [-0.2, -0.15) is 0 Å². The van der Waals surface area contributed by atoms with Gasteiger partial charge in [0.25, 0.3) is 0 Å². The van der Waals surface area contributed by atoms with Gasteiger partial charge in [-0.1, -0.05) is 6.07 Å². The molecule has 0 unspecified atom stereocenters. The first-order valence-electron chi connectivity index (χ1n) is 7.16. The van der Waals surface area contributed by atoms with E-state index in [4.69, 9.17) is 4.42 Å². The molecule has 1 aliphatic heterocycles. The van der Waals surface area contributed by atoms with Crippen LogP contribution in [0.15, 0.2) is 47.3 Å². The fraction of sp³-hybridized carbons (Fsp3) is 0.235. The highest BCUT2D eigenvalue weighted by Crippen LogP contribution is 2.43. The van der Waals surface area contributed by atoms with Gasteiger partial charge in [0.1, 0.15) is 5.52 Å². The lowest BCUT2D eigenvalue weighted by molar-refractivity contribution is 0.364. The van der Waals surface area contributed by atoms with Crippen LogP contribution in [0.5, 0.6) is 0 Å². The van der Waals surface area contributed by atoms with Crippen LogP contribution in [0.2, 0.25) is 0 Å². The monoisotopic (exact) mass is 405 g/mol. The standard InChI is InChI=1S/C17H16IN3O/c1-11-6-7-12-14-13(5-4-8-19-14)22-16(12)15(11)21-10-9-20(3)17(21,2)18/h4-10H,1-3H3/t17-/m0/s1. The number of alkyl halides is 1. The van der Waals surface area contributed by atoms with Gasteiger partial charge >= 0.3 is 0 Å². The molecular formula is C17H16IN3O. The first kappa shape index (κ1) is 13.9. The zero-order valence-corrected chi connectivity index (χ0v) is 14.8. The van der Waals surface area contributed by atoms with Gasteiger partial charge < -0.3 is 14.2 Å². The lowest BCUT2D eigenvalue weighted by Crippen LogP contribution is -2.43. The molecule has 0 spiro atoms. The Bertz CT molecular complexity index is 913. The second-order valence-electron chi connectivity index (χ2n) is 5.74. The third-order valence-corrected chi connectivity index (χ3v) is 5.62. The fourth-order valence-corrected chi connectivity index (χ4v) is 3.49. The molecule has 1 aliphatic rings. The maximum atomic E-state index is 6.15. The molecule has 4 nitrogen and oxygen atoms in total. The van der Waals surface area contributed by atoms with E-state index in [9.17, 15) is 0 Å². The number of aryl methyl sites for hydroxylation is 1. The molecule has 0 saturated heterocycles. The first-order valence-corrected chi connectivity index (χ1v) is 8.24. The summed E-state index contributed by atoms with van der Waals surface area (Å²) in [4.78, 5) is 8.92. The number of halogens is 1. The van der Waals surface area contributed by atoms with Gasteiger partial charge in [-0.3, -0.25) is 4.98 Å². The van der Waals surface area contributed by atoms with Crippen LogP contribution in [-0.2, 0) is 0 Å². The normalized spacial score (nSPS) is 21.5. The molecule has 1 atom stereocenters. The molecule has 0 amide bonds. The number of nitrogens with zero attached hydrogens (tertiary/aromatic N) is 3. The summed E-state index contributed by atoms with van der Waals surface area (Å²) in [6, 6.07) is 8.11. The van der Waals surface area contributed by atoms with Crippen molar-refractivity contribution in [3.8, 4) is 0 Å². The molecule has 0 radical (unpaired) electrons. The highest BCUT2D eigenvalue weighted by molar-refractivity contribution is 14.1. The number of hydrogen-bond donors (Lipinski definition) is 0. The summed E-state index contributed by atoms with van der Waals surface area (Å²) in [5.41, 5.74) is 4.94. The molecule has 0 fully saturated rings. The minimum atomic E-state index is -0.163. The third-order valence-electron chi connectivity index (χ3n) is 4.33. The number of anilines is 1. The molecule has 1 aromatic carbocycles. The van der Waals surface area contributed by atoms with Crippen LogP contribution in [-0.4, -0.2) is 20.6 Å². The number of rotatable bonds is 1. The number of pyridine rings is 1. The smallest absolute Gasteiger partial charge is 0.166 e. The van der Waals surface area contributed by atoms with Gasteiger partial charge in [-0.15, -0.1) is 0 Å². The first-order chi connectivity index (χ1) is 10.5. The zero-order chi connectivity index (χ0) is 15.5. The van der Waals surface area contributed by atoms with E-state index in [1.807, 2.05) is 18.3 Å². The molecule has 0 aliphatic carbocycles. The lowest BCUT2D eigenvalue weighted by atomic mass is 10.1. The summed E-state index contributed by atoms with van der Waals surface area (Å²) in [7, 11) is 2.08. The van der Waals surface area contributed by atoms with E-state index < -0.39 is 0 Å². The third kappa shape index (κ3) is 1.78. The summed E-state index contributed by atoms with van der Waals surface area (Å²) in [5.74, 6) is 0. The van der Waals surface area contributed by atoms with Gasteiger partial charge in [0.15, 0.2) is 14.8 Å². The predicted octanol–water partition coefficient (Wildman–Crippen LogP) is 4.62. The SMILES string of the molecule is Cc1ccc2c(oc3cccnc32)c1N1C=CN(C)[C@]1(C)I. The van der Waals surface area contributed by atoms with Gasteiger partial charge in [0.2, 0.25) is 0 Å². The van der Waals surface area contributed by atoms with Crippen LogP contribution >= 0.6 is 22.6 Å². The number of benzene rings is 1. The summed E-state index contributed by atoms with van der Waals surface area (Å²) in [6.45, 7) is 4.31. The van der Waals surface area contributed by atoms with E-state index in [1.165, 1.54) is 5.56 Å². The van der Waals surface area contributed by atoms with Crippen molar-refractivity contribution in [3.05, 3.63) is 48.4 Å². The minimum absolute atomic E-state index is 0.163. The Balaban J connectivity index is 2.05. The van der Waals surface area contributed by atoms with Crippen molar-refractivity contribution in [1.82, 2.24) is 9.88 Å². The van der Waals surface area contributed by atoms with Crippen LogP contribution in [0, 0.1) is 6.92 Å². The number of furan rings is 1. The molecule has 22 heavy (non-hydrogen) atoms. The van der Waals surface area contributed by atoms with Gasteiger partial charge in [-0.05, 0) is 60.2 Å². The average Bonchev–Trinajstić information content (AvgIpc) is 2.98. The summed E-state index contributed by atoms with van der Waals surface area (Å²) in [6.07, 6.45) is 6.00. The Morgan fingerprint density at radius 2 is 2.05 bits per heavy atom. The largest absolute Gasteiger partial charge is 0.452 e. The molecule has 0 N–H and O–H groups in total.